The van der Waals surface area contributed by atoms with Gasteiger partial charge in [-0.3, -0.25) is 4.79 Å². The van der Waals surface area contributed by atoms with Crippen molar-refractivity contribution in [3.05, 3.63) is 33.1 Å². The van der Waals surface area contributed by atoms with Gasteiger partial charge in [0.2, 0.25) is 0 Å². The minimum absolute atomic E-state index is 0.0972. The van der Waals surface area contributed by atoms with Crippen molar-refractivity contribution in [2.75, 3.05) is 5.88 Å². The summed E-state index contributed by atoms with van der Waals surface area (Å²) >= 11 is 7.50. The molecular formula is C10H10ClFINO. The lowest BCUT2D eigenvalue weighted by Crippen LogP contribution is -2.34. The van der Waals surface area contributed by atoms with Crippen molar-refractivity contribution in [1.29, 1.82) is 0 Å². The second-order valence-electron chi connectivity index (χ2n) is 3.15. The molecule has 0 radical (unpaired) electrons. The zero-order valence-electron chi connectivity index (χ0n) is 8.06. The summed E-state index contributed by atoms with van der Waals surface area (Å²) in [6.07, 6.45) is 0. The van der Waals surface area contributed by atoms with Crippen molar-refractivity contribution in [2.45, 2.75) is 13.0 Å². The molecule has 0 saturated carbocycles. The van der Waals surface area contributed by atoms with E-state index in [0.717, 1.165) is 0 Å². The quantitative estimate of drug-likeness (QED) is 0.665. The van der Waals surface area contributed by atoms with Crippen LogP contribution in [0.2, 0.25) is 0 Å². The van der Waals surface area contributed by atoms with Crippen LogP contribution in [-0.4, -0.2) is 17.8 Å². The van der Waals surface area contributed by atoms with Crippen molar-refractivity contribution in [3.63, 3.8) is 0 Å². The third-order valence-corrected chi connectivity index (χ3v) is 3.14. The minimum Gasteiger partial charge on any atom is -0.348 e. The largest absolute Gasteiger partial charge is 0.348 e. The molecule has 1 aromatic carbocycles. The number of nitrogens with one attached hydrogen (secondary N) is 1. The van der Waals surface area contributed by atoms with Gasteiger partial charge < -0.3 is 5.32 Å². The highest BCUT2D eigenvalue weighted by atomic mass is 127. The Balaban J connectivity index is 2.82. The average molecular weight is 342 g/mol. The Morgan fingerprint density at radius 2 is 2.33 bits per heavy atom. The number of carbonyl (C=O) groups is 1. The molecule has 0 aromatic heterocycles. The smallest absolute Gasteiger partial charge is 0.252 e. The second-order valence-corrected chi connectivity index (χ2v) is 4.62. The number of carbonyl (C=O) groups excluding carboxylic acids is 1. The fourth-order valence-corrected chi connectivity index (χ4v) is 1.81. The molecule has 0 spiro atoms. The number of benzene rings is 1. The van der Waals surface area contributed by atoms with Gasteiger partial charge in [-0.05, 0) is 47.7 Å². The highest BCUT2D eigenvalue weighted by Gasteiger charge is 2.12. The maximum atomic E-state index is 12.8. The SMILES string of the molecule is CC(CCl)NC(=O)c1ccc(F)cc1I. The van der Waals surface area contributed by atoms with E-state index in [1.807, 2.05) is 22.6 Å². The predicted octanol–water partition coefficient (Wildman–Crippen LogP) is 2.79. The Morgan fingerprint density at radius 1 is 1.67 bits per heavy atom. The summed E-state index contributed by atoms with van der Waals surface area (Å²) in [6.45, 7) is 1.81. The monoisotopic (exact) mass is 341 g/mol. The van der Waals surface area contributed by atoms with Crippen LogP contribution < -0.4 is 5.32 Å². The topological polar surface area (TPSA) is 29.1 Å². The van der Waals surface area contributed by atoms with Gasteiger partial charge >= 0.3 is 0 Å². The first-order valence-corrected chi connectivity index (χ1v) is 5.97. The Bertz CT molecular complexity index is 372. The highest BCUT2D eigenvalue weighted by Crippen LogP contribution is 2.13. The second kappa shape index (κ2) is 5.65. The summed E-state index contributed by atoms with van der Waals surface area (Å²) in [7, 11) is 0. The Hall–Kier alpha value is -0.360. The summed E-state index contributed by atoms with van der Waals surface area (Å²) < 4.78 is 13.4. The van der Waals surface area contributed by atoms with E-state index in [4.69, 9.17) is 11.6 Å². The van der Waals surface area contributed by atoms with Crippen LogP contribution in [0.25, 0.3) is 0 Å². The molecule has 0 bridgehead atoms. The van der Waals surface area contributed by atoms with Crippen LogP contribution >= 0.6 is 34.2 Å². The summed E-state index contributed by atoms with van der Waals surface area (Å²) in [6, 6.07) is 3.96. The lowest BCUT2D eigenvalue weighted by Gasteiger charge is -2.11. The minimum atomic E-state index is -0.346. The Labute approximate surface area is 106 Å². The molecule has 1 unspecified atom stereocenters. The molecule has 15 heavy (non-hydrogen) atoms. The molecule has 1 aromatic rings. The van der Waals surface area contributed by atoms with Gasteiger partial charge in [0, 0.05) is 15.5 Å². The van der Waals surface area contributed by atoms with E-state index in [1.165, 1.54) is 18.2 Å². The number of rotatable bonds is 3. The van der Waals surface area contributed by atoms with E-state index >= 15 is 0 Å². The van der Waals surface area contributed by atoms with Gasteiger partial charge in [-0.2, -0.15) is 0 Å². The first-order valence-electron chi connectivity index (χ1n) is 4.36. The number of hydrogen-bond donors (Lipinski definition) is 1. The summed E-state index contributed by atoms with van der Waals surface area (Å²) in [4.78, 5) is 11.6. The van der Waals surface area contributed by atoms with Crippen LogP contribution in [0.15, 0.2) is 18.2 Å². The molecule has 0 aliphatic heterocycles. The molecule has 0 aliphatic rings. The van der Waals surface area contributed by atoms with E-state index < -0.39 is 0 Å². The third-order valence-electron chi connectivity index (χ3n) is 1.78. The lowest BCUT2D eigenvalue weighted by atomic mass is 10.2. The molecule has 5 heteroatoms. The molecule has 1 rings (SSSR count). The maximum absolute atomic E-state index is 12.8. The molecular weight excluding hydrogens is 331 g/mol. The molecule has 2 nitrogen and oxygen atoms in total. The van der Waals surface area contributed by atoms with Crippen LogP contribution in [-0.2, 0) is 0 Å². The van der Waals surface area contributed by atoms with Crippen molar-refractivity contribution >= 4 is 40.1 Å². The normalized spacial score (nSPS) is 12.3. The Morgan fingerprint density at radius 3 is 2.87 bits per heavy atom. The van der Waals surface area contributed by atoms with E-state index in [9.17, 15) is 9.18 Å². The summed E-state index contributed by atoms with van der Waals surface area (Å²) in [5.74, 6) is -0.224. The van der Waals surface area contributed by atoms with Crippen molar-refractivity contribution < 1.29 is 9.18 Å². The molecule has 1 amide bonds. The van der Waals surface area contributed by atoms with Crippen LogP contribution in [0.5, 0.6) is 0 Å². The Kier molecular flexibility index (Phi) is 4.79. The van der Waals surface area contributed by atoms with Crippen molar-refractivity contribution in [2.24, 2.45) is 0 Å². The van der Waals surface area contributed by atoms with E-state index in [2.05, 4.69) is 5.32 Å². The van der Waals surface area contributed by atoms with Crippen LogP contribution in [0.1, 0.15) is 17.3 Å². The van der Waals surface area contributed by atoms with Crippen LogP contribution in [0.3, 0.4) is 0 Å². The first kappa shape index (κ1) is 12.7. The molecule has 1 N–H and O–H groups in total. The number of hydrogen-bond acceptors (Lipinski definition) is 1. The molecule has 82 valence electrons. The fourth-order valence-electron chi connectivity index (χ4n) is 1.01. The molecule has 0 heterocycles. The van der Waals surface area contributed by atoms with Gasteiger partial charge in [-0.15, -0.1) is 11.6 Å². The lowest BCUT2D eigenvalue weighted by molar-refractivity contribution is 0.0942. The summed E-state index contributed by atoms with van der Waals surface area (Å²) in [5, 5.41) is 2.71. The van der Waals surface area contributed by atoms with E-state index in [-0.39, 0.29) is 17.8 Å². The van der Waals surface area contributed by atoms with Crippen molar-refractivity contribution in [3.8, 4) is 0 Å². The number of halogens is 3. The number of alkyl halides is 1. The average Bonchev–Trinajstić information content (AvgIpc) is 2.17. The van der Waals surface area contributed by atoms with Gasteiger partial charge in [0.15, 0.2) is 0 Å². The highest BCUT2D eigenvalue weighted by molar-refractivity contribution is 14.1. The van der Waals surface area contributed by atoms with E-state index in [0.29, 0.717) is 15.0 Å². The molecule has 1 atom stereocenters. The third kappa shape index (κ3) is 3.61. The zero-order chi connectivity index (χ0) is 11.4. The van der Waals surface area contributed by atoms with Crippen LogP contribution in [0.4, 0.5) is 4.39 Å². The zero-order valence-corrected chi connectivity index (χ0v) is 11.0. The van der Waals surface area contributed by atoms with Gasteiger partial charge in [0.1, 0.15) is 5.82 Å². The van der Waals surface area contributed by atoms with Gasteiger partial charge in [-0.25, -0.2) is 4.39 Å². The molecule has 0 aliphatic carbocycles. The van der Waals surface area contributed by atoms with Gasteiger partial charge in [0.25, 0.3) is 5.91 Å². The first-order chi connectivity index (χ1) is 7.04. The van der Waals surface area contributed by atoms with Crippen molar-refractivity contribution in [1.82, 2.24) is 5.32 Å². The molecule has 0 saturated heterocycles. The van der Waals surface area contributed by atoms with E-state index in [1.54, 1.807) is 6.92 Å². The van der Waals surface area contributed by atoms with Crippen LogP contribution in [0, 0.1) is 9.39 Å². The van der Waals surface area contributed by atoms with Gasteiger partial charge in [0.05, 0.1) is 5.56 Å². The van der Waals surface area contributed by atoms with Gasteiger partial charge in [-0.1, -0.05) is 0 Å². The molecule has 0 fully saturated rings. The fraction of sp³-hybridized carbons (Fsp3) is 0.300. The standard InChI is InChI=1S/C10H10ClFINO/c1-6(5-11)14-10(15)8-3-2-7(12)4-9(8)13/h2-4,6H,5H2,1H3,(H,14,15). The maximum Gasteiger partial charge on any atom is 0.252 e. The summed E-state index contributed by atoms with van der Waals surface area (Å²) in [5.41, 5.74) is 0.467. The number of amides is 1. The predicted molar refractivity (Wildman–Crippen MR) is 66.8 cm³/mol.